The van der Waals surface area contributed by atoms with Crippen molar-refractivity contribution in [1.29, 1.82) is 0 Å². The van der Waals surface area contributed by atoms with Crippen molar-refractivity contribution < 1.29 is 19.7 Å². The van der Waals surface area contributed by atoms with Crippen LogP contribution in [0.25, 0.3) is 0 Å². The average Bonchev–Trinajstić information content (AvgIpc) is 2.46. The predicted molar refractivity (Wildman–Crippen MR) is 80.6 cm³/mol. The molecular formula is C17H30O4. The fourth-order valence-electron chi connectivity index (χ4n) is 3.96. The quantitative estimate of drug-likeness (QED) is 0.783. The van der Waals surface area contributed by atoms with E-state index < -0.39 is 0 Å². The van der Waals surface area contributed by atoms with Gasteiger partial charge >= 0.3 is 5.97 Å². The van der Waals surface area contributed by atoms with Crippen LogP contribution in [0.1, 0.15) is 58.8 Å². The molecule has 0 bridgehead atoms. The first-order valence-corrected chi connectivity index (χ1v) is 8.54. The van der Waals surface area contributed by atoms with Gasteiger partial charge in [-0.05, 0) is 56.3 Å². The van der Waals surface area contributed by atoms with Gasteiger partial charge in [0.2, 0.25) is 0 Å². The van der Waals surface area contributed by atoms with Crippen LogP contribution in [0.2, 0.25) is 0 Å². The third-order valence-electron chi connectivity index (χ3n) is 5.55. The van der Waals surface area contributed by atoms with Gasteiger partial charge in [-0.25, -0.2) is 0 Å². The van der Waals surface area contributed by atoms with Crippen molar-refractivity contribution in [2.24, 2.45) is 23.7 Å². The Labute approximate surface area is 127 Å². The molecule has 2 saturated carbocycles. The monoisotopic (exact) mass is 298 g/mol. The number of esters is 1. The van der Waals surface area contributed by atoms with Crippen LogP contribution < -0.4 is 0 Å². The summed E-state index contributed by atoms with van der Waals surface area (Å²) < 4.78 is 5.58. The van der Waals surface area contributed by atoms with Gasteiger partial charge in [0.1, 0.15) is 0 Å². The van der Waals surface area contributed by atoms with Gasteiger partial charge in [0.15, 0.2) is 0 Å². The molecule has 2 fully saturated rings. The molecule has 2 aliphatic rings. The molecular weight excluding hydrogens is 268 g/mol. The summed E-state index contributed by atoms with van der Waals surface area (Å²) in [5, 5.41) is 19.4. The Kier molecular flexibility index (Phi) is 6.06. The topological polar surface area (TPSA) is 66.8 Å². The summed E-state index contributed by atoms with van der Waals surface area (Å²) in [4.78, 5) is 12.3. The van der Waals surface area contributed by atoms with Crippen molar-refractivity contribution in [2.75, 3.05) is 6.61 Å². The lowest BCUT2D eigenvalue weighted by atomic mass is 9.76. The molecule has 0 spiro atoms. The van der Waals surface area contributed by atoms with E-state index in [9.17, 15) is 15.0 Å². The number of hydrogen-bond donors (Lipinski definition) is 2. The van der Waals surface area contributed by atoms with Crippen molar-refractivity contribution in [1.82, 2.24) is 0 Å². The molecule has 0 aromatic rings. The molecule has 4 nitrogen and oxygen atoms in total. The zero-order chi connectivity index (χ0) is 15.4. The van der Waals surface area contributed by atoms with Gasteiger partial charge in [-0.15, -0.1) is 0 Å². The first kappa shape index (κ1) is 16.8. The minimum absolute atomic E-state index is 0.126. The van der Waals surface area contributed by atoms with E-state index in [1.54, 1.807) is 0 Å². The van der Waals surface area contributed by atoms with Gasteiger partial charge in [-0.3, -0.25) is 4.79 Å². The molecule has 0 aromatic carbocycles. The first-order valence-electron chi connectivity index (χ1n) is 8.54. The van der Waals surface area contributed by atoms with Crippen molar-refractivity contribution in [3.8, 4) is 0 Å². The number of ether oxygens (including phenoxy) is 1. The van der Waals surface area contributed by atoms with Crippen LogP contribution in [-0.4, -0.2) is 35.0 Å². The van der Waals surface area contributed by atoms with Crippen molar-refractivity contribution in [2.45, 2.75) is 71.0 Å². The first-order chi connectivity index (χ1) is 10.0. The van der Waals surface area contributed by atoms with E-state index in [4.69, 9.17) is 4.74 Å². The molecule has 0 heterocycles. The largest absolute Gasteiger partial charge is 0.465 e. The molecule has 0 amide bonds. The fraction of sp³-hybridized carbons (Fsp3) is 0.941. The number of rotatable bonds is 4. The number of carbonyl (C=O) groups is 1. The van der Waals surface area contributed by atoms with Crippen LogP contribution in [0.15, 0.2) is 0 Å². The maximum Gasteiger partial charge on any atom is 0.309 e. The second kappa shape index (κ2) is 7.59. The molecule has 0 radical (unpaired) electrons. The maximum absolute atomic E-state index is 12.3. The van der Waals surface area contributed by atoms with Crippen LogP contribution in [0.4, 0.5) is 0 Å². The average molecular weight is 298 g/mol. The second-order valence-corrected chi connectivity index (χ2v) is 7.08. The highest BCUT2D eigenvalue weighted by Crippen LogP contribution is 2.34. The van der Waals surface area contributed by atoms with Crippen LogP contribution in [0, 0.1) is 23.7 Å². The van der Waals surface area contributed by atoms with E-state index >= 15 is 0 Å². The molecule has 2 N–H and O–H groups in total. The van der Waals surface area contributed by atoms with Crippen LogP contribution in [-0.2, 0) is 9.53 Å². The Hall–Kier alpha value is -0.610. The van der Waals surface area contributed by atoms with Gasteiger partial charge in [0.25, 0.3) is 0 Å². The van der Waals surface area contributed by atoms with Crippen LogP contribution in [0.5, 0.6) is 0 Å². The van der Waals surface area contributed by atoms with E-state index in [2.05, 4.69) is 13.8 Å². The third-order valence-corrected chi connectivity index (χ3v) is 5.55. The SMILES string of the molecule is CCC1CCC(O)CC1C(=O)OCC1CCC(O)CC1C. The highest BCUT2D eigenvalue weighted by molar-refractivity contribution is 5.73. The molecule has 0 aromatic heterocycles. The lowest BCUT2D eigenvalue weighted by Gasteiger charge is -2.34. The van der Waals surface area contributed by atoms with E-state index in [0.717, 1.165) is 38.5 Å². The van der Waals surface area contributed by atoms with Crippen molar-refractivity contribution >= 4 is 5.97 Å². The maximum atomic E-state index is 12.3. The Morgan fingerprint density at radius 1 is 1.05 bits per heavy atom. The molecule has 6 unspecified atom stereocenters. The van der Waals surface area contributed by atoms with Crippen LogP contribution >= 0.6 is 0 Å². The van der Waals surface area contributed by atoms with Gasteiger partial charge in [0, 0.05) is 0 Å². The lowest BCUT2D eigenvalue weighted by molar-refractivity contribution is -0.156. The van der Waals surface area contributed by atoms with Gasteiger partial charge in [0.05, 0.1) is 24.7 Å². The van der Waals surface area contributed by atoms with E-state index in [0.29, 0.717) is 30.8 Å². The zero-order valence-electron chi connectivity index (χ0n) is 13.3. The Morgan fingerprint density at radius 2 is 1.67 bits per heavy atom. The summed E-state index contributed by atoms with van der Waals surface area (Å²) in [6, 6.07) is 0. The smallest absolute Gasteiger partial charge is 0.309 e. The number of hydrogen-bond acceptors (Lipinski definition) is 4. The van der Waals surface area contributed by atoms with Crippen molar-refractivity contribution in [3.63, 3.8) is 0 Å². The number of carbonyl (C=O) groups excluding carboxylic acids is 1. The minimum atomic E-state index is -0.353. The molecule has 122 valence electrons. The van der Waals surface area contributed by atoms with E-state index in [1.165, 1.54) is 0 Å². The van der Waals surface area contributed by atoms with Gasteiger partial charge in [-0.1, -0.05) is 20.3 Å². The molecule has 4 heteroatoms. The highest BCUT2D eigenvalue weighted by atomic mass is 16.5. The molecule has 21 heavy (non-hydrogen) atoms. The van der Waals surface area contributed by atoms with Crippen LogP contribution in [0.3, 0.4) is 0 Å². The van der Waals surface area contributed by atoms with E-state index in [1.807, 2.05) is 0 Å². The number of aliphatic hydroxyl groups excluding tert-OH is 2. The molecule has 6 atom stereocenters. The summed E-state index contributed by atoms with van der Waals surface area (Å²) >= 11 is 0. The normalized spacial score (nSPS) is 40.8. The Bertz CT molecular complexity index is 344. The second-order valence-electron chi connectivity index (χ2n) is 7.08. The fourth-order valence-corrected chi connectivity index (χ4v) is 3.96. The Morgan fingerprint density at radius 3 is 2.29 bits per heavy atom. The zero-order valence-corrected chi connectivity index (χ0v) is 13.3. The third kappa shape index (κ3) is 4.43. The molecule has 0 saturated heterocycles. The highest BCUT2D eigenvalue weighted by Gasteiger charge is 2.35. The molecule has 2 rings (SSSR count). The van der Waals surface area contributed by atoms with Gasteiger partial charge in [-0.2, -0.15) is 0 Å². The summed E-state index contributed by atoms with van der Waals surface area (Å²) in [6.07, 6.45) is 5.26. The minimum Gasteiger partial charge on any atom is -0.465 e. The molecule has 0 aliphatic heterocycles. The lowest BCUT2D eigenvalue weighted by Crippen LogP contribution is -2.36. The van der Waals surface area contributed by atoms with Crippen molar-refractivity contribution in [3.05, 3.63) is 0 Å². The standard InChI is InChI=1S/C17H30O4/c1-3-12-4-6-15(19)9-16(12)17(20)21-10-13-5-7-14(18)8-11(13)2/h11-16,18-19H,3-10H2,1-2H3. The summed E-state index contributed by atoms with van der Waals surface area (Å²) in [5.74, 6) is 0.861. The van der Waals surface area contributed by atoms with Gasteiger partial charge < -0.3 is 14.9 Å². The number of aliphatic hydroxyl groups is 2. The molecule has 2 aliphatic carbocycles. The summed E-state index contributed by atoms with van der Waals surface area (Å²) in [6.45, 7) is 4.70. The predicted octanol–water partition coefficient (Wildman–Crippen LogP) is 2.51. The summed E-state index contributed by atoms with van der Waals surface area (Å²) in [5.41, 5.74) is 0. The van der Waals surface area contributed by atoms with E-state index in [-0.39, 0.29) is 24.1 Å². The Balaban J connectivity index is 1.83. The summed E-state index contributed by atoms with van der Waals surface area (Å²) in [7, 11) is 0.